The fraction of sp³-hybridized carbons (Fsp3) is 0.417. The fourth-order valence-electron chi connectivity index (χ4n) is 2.36. The van der Waals surface area contributed by atoms with Gasteiger partial charge in [0.1, 0.15) is 5.82 Å². The standard InChI is InChI=1S/C12H14FNO/c1-12(2)6-9(14)11(15)7-4-3-5-8(13)10(7)12/h3-5,9H,6,14H2,1-2H3. The summed E-state index contributed by atoms with van der Waals surface area (Å²) in [4.78, 5) is 11.8. The van der Waals surface area contributed by atoms with Crippen molar-refractivity contribution >= 4 is 5.78 Å². The van der Waals surface area contributed by atoms with Crippen molar-refractivity contribution in [2.24, 2.45) is 5.73 Å². The van der Waals surface area contributed by atoms with E-state index in [1.54, 1.807) is 12.1 Å². The number of ketones is 1. The molecule has 1 aromatic carbocycles. The van der Waals surface area contributed by atoms with E-state index in [4.69, 9.17) is 5.73 Å². The summed E-state index contributed by atoms with van der Waals surface area (Å²) in [5.41, 5.74) is 6.33. The van der Waals surface area contributed by atoms with E-state index < -0.39 is 6.04 Å². The van der Waals surface area contributed by atoms with Crippen LogP contribution in [0.1, 0.15) is 36.2 Å². The molecular weight excluding hydrogens is 193 g/mol. The van der Waals surface area contributed by atoms with Crippen LogP contribution in [0.15, 0.2) is 18.2 Å². The molecule has 2 N–H and O–H groups in total. The molecule has 0 bridgehead atoms. The molecule has 0 amide bonds. The lowest BCUT2D eigenvalue weighted by molar-refractivity contribution is 0.0927. The van der Waals surface area contributed by atoms with E-state index in [0.29, 0.717) is 17.5 Å². The molecule has 2 rings (SSSR count). The Morgan fingerprint density at radius 3 is 2.80 bits per heavy atom. The summed E-state index contributed by atoms with van der Waals surface area (Å²) >= 11 is 0. The third-order valence-electron chi connectivity index (χ3n) is 3.02. The smallest absolute Gasteiger partial charge is 0.179 e. The zero-order chi connectivity index (χ0) is 11.2. The van der Waals surface area contributed by atoms with Crippen LogP contribution in [0, 0.1) is 5.82 Å². The van der Waals surface area contributed by atoms with Gasteiger partial charge >= 0.3 is 0 Å². The summed E-state index contributed by atoms with van der Waals surface area (Å²) in [7, 11) is 0. The molecular formula is C12H14FNO. The minimum absolute atomic E-state index is 0.149. The van der Waals surface area contributed by atoms with Crippen molar-refractivity contribution < 1.29 is 9.18 Å². The highest BCUT2D eigenvalue weighted by Crippen LogP contribution is 2.37. The summed E-state index contributed by atoms with van der Waals surface area (Å²) in [6.45, 7) is 3.84. The zero-order valence-corrected chi connectivity index (χ0v) is 8.88. The molecule has 0 aliphatic heterocycles. The Labute approximate surface area is 88.3 Å². The van der Waals surface area contributed by atoms with Gasteiger partial charge in [-0.1, -0.05) is 26.0 Å². The number of carbonyl (C=O) groups excluding carboxylic acids is 1. The molecule has 15 heavy (non-hydrogen) atoms. The summed E-state index contributed by atoms with van der Waals surface area (Å²) < 4.78 is 13.7. The van der Waals surface area contributed by atoms with Crippen molar-refractivity contribution in [1.82, 2.24) is 0 Å². The fourth-order valence-corrected chi connectivity index (χ4v) is 2.36. The van der Waals surface area contributed by atoms with Crippen LogP contribution in [-0.4, -0.2) is 11.8 Å². The number of hydrogen-bond acceptors (Lipinski definition) is 2. The van der Waals surface area contributed by atoms with E-state index in [-0.39, 0.29) is 17.0 Å². The Bertz CT molecular complexity index is 426. The molecule has 1 atom stereocenters. The van der Waals surface area contributed by atoms with Crippen LogP contribution in [-0.2, 0) is 5.41 Å². The summed E-state index contributed by atoms with van der Waals surface area (Å²) in [6.07, 6.45) is 0.500. The van der Waals surface area contributed by atoms with Crippen LogP contribution in [0.25, 0.3) is 0 Å². The molecule has 2 nitrogen and oxygen atoms in total. The Morgan fingerprint density at radius 1 is 1.47 bits per heavy atom. The van der Waals surface area contributed by atoms with Crippen molar-refractivity contribution in [2.75, 3.05) is 0 Å². The Morgan fingerprint density at radius 2 is 2.13 bits per heavy atom. The number of carbonyl (C=O) groups is 1. The summed E-state index contributed by atoms with van der Waals surface area (Å²) in [6, 6.07) is 4.10. The van der Waals surface area contributed by atoms with Gasteiger partial charge < -0.3 is 5.73 Å². The predicted molar refractivity (Wildman–Crippen MR) is 56.3 cm³/mol. The van der Waals surface area contributed by atoms with Gasteiger partial charge in [0, 0.05) is 11.1 Å². The van der Waals surface area contributed by atoms with Crippen LogP contribution in [0.4, 0.5) is 4.39 Å². The number of Topliss-reactive ketones (excluding diaryl/α,β-unsaturated/α-hetero) is 1. The van der Waals surface area contributed by atoms with Gasteiger partial charge in [0.25, 0.3) is 0 Å². The highest BCUT2D eigenvalue weighted by molar-refractivity contribution is 6.02. The second-order valence-electron chi connectivity index (χ2n) is 4.72. The monoisotopic (exact) mass is 207 g/mol. The van der Waals surface area contributed by atoms with Crippen LogP contribution in [0.3, 0.4) is 0 Å². The van der Waals surface area contributed by atoms with E-state index >= 15 is 0 Å². The molecule has 0 saturated carbocycles. The maximum absolute atomic E-state index is 13.7. The average Bonchev–Trinajstić information content (AvgIpc) is 2.13. The third-order valence-corrected chi connectivity index (χ3v) is 3.02. The van der Waals surface area contributed by atoms with Gasteiger partial charge in [0.2, 0.25) is 0 Å². The molecule has 1 aliphatic rings. The molecule has 0 fully saturated rings. The largest absolute Gasteiger partial charge is 0.321 e. The number of rotatable bonds is 0. The first-order chi connectivity index (χ1) is 6.93. The number of hydrogen-bond donors (Lipinski definition) is 1. The van der Waals surface area contributed by atoms with Crippen LogP contribution >= 0.6 is 0 Å². The molecule has 0 spiro atoms. The van der Waals surface area contributed by atoms with Crippen molar-refractivity contribution in [3.8, 4) is 0 Å². The highest BCUT2D eigenvalue weighted by atomic mass is 19.1. The first-order valence-corrected chi connectivity index (χ1v) is 5.02. The van der Waals surface area contributed by atoms with E-state index in [1.165, 1.54) is 6.07 Å². The van der Waals surface area contributed by atoms with Gasteiger partial charge in [-0.05, 0) is 17.9 Å². The van der Waals surface area contributed by atoms with Gasteiger partial charge in [-0.25, -0.2) is 4.39 Å². The summed E-state index contributed by atoms with van der Waals surface area (Å²) in [5, 5.41) is 0. The minimum atomic E-state index is -0.505. The number of fused-ring (bicyclic) bond motifs is 1. The van der Waals surface area contributed by atoms with Crippen LogP contribution in [0.5, 0.6) is 0 Å². The second-order valence-corrected chi connectivity index (χ2v) is 4.72. The average molecular weight is 207 g/mol. The molecule has 80 valence electrons. The predicted octanol–water partition coefficient (Wildman–Crippen LogP) is 2.02. The van der Waals surface area contributed by atoms with Gasteiger partial charge in [-0.2, -0.15) is 0 Å². The first-order valence-electron chi connectivity index (χ1n) is 5.02. The van der Waals surface area contributed by atoms with Gasteiger partial charge in [0.05, 0.1) is 6.04 Å². The normalized spacial score (nSPS) is 23.7. The third kappa shape index (κ3) is 1.47. The molecule has 1 aromatic rings. The molecule has 0 radical (unpaired) electrons. The first kappa shape index (κ1) is 10.3. The van der Waals surface area contributed by atoms with Gasteiger partial charge in [0.15, 0.2) is 5.78 Å². The maximum atomic E-state index is 13.7. The molecule has 0 heterocycles. The van der Waals surface area contributed by atoms with E-state index in [2.05, 4.69) is 0 Å². The van der Waals surface area contributed by atoms with Crippen LogP contribution < -0.4 is 5.73 Å². The highest BCUT2D eigenvalue weighted by Gasteiger charge is 2.38. The summed E-state index contributed by atoms with van der Waals surface area (Å²) in [5.74, 6) is -0.457. The molecule has 1 unspecified atom stereocenters. The van der Waals surface area contributed by atoms with E-state index in [1.807, 2.05) is 13.8 Å². The Hall–Kier alpha value is -1.22. The van der Waals surface area contributed by atoms with Gasteiger partial charge in [-0.15, -0.1) is 0 Å². The molecule has 0 aromatic heterocycles. The Kier molecular flexibility index (Phi) is 2.15. The van der Waals surface area contributed by atoms with E-state index in [9.17, 15) is 9.18 Å². The topological polar surface area (TPSA) is 43.1 Å². The molecule has 3 heteroatoms. The quantitative estimate of drug-likeness (QED) is 0.707. The number of benzene rings is 1. The SMILES string of the molecule is CC1(C)CC(N)C(=O)c2cccc(F)c21. The van der Waals surface area contributed by atoms with Crippen molar-refractivity contribution in [2.45, 2.75) is 31.7 Å². The number of halogens is 1. The second kappa shape index (κ2) is 3.14. The van der Waals surface area contributed by atoms with Crippen LogP contribution in [0.2, 0.25) is 0 Å². The lowest BCUT2D eigenvalue weighted by atomic mass is 9.70. The van der Waals surface area contributed by atoms with Crippen molar-refractivity contribution in [1.29, 1.82) is 0 Å². The lowest BCUT2D eigenvalue weighted by Crippen LogP contribution is -2.43. The number of nitrogens with two attached hydrogens (primary N) is 1. The Balaban J connectivity index is 2.70. The minimum Gasteiger partial charge on any atom is -0.321 e. The zero-order valence-electron chi connectivity index (χ0n) is 8.88. The maximum Gasteiger partial charge on any atom is 0.179 e. The van der Waals surface area contributed by atoms with Crippen molar-refractivity contribution in [3.05, 3.63) is 35.1 Å². The molecule has 1 aliphatic carbocycles. The molecule has 0 saturated heterocycles. The van der Waals surface area contributed by atoms with E-state index in [0.717, 1.165) is 0 Å². The lowest BCUT2D eigenvalue weighted by Gasteiger charge is -2.35. The van der Waals surface area contributed by atoms with Gasteiger partial charge in [-0.3, -0.25) is 4.79 Å². The van der Waals surface area contributed by atoms with Crippen molar-refractivity contribution in [3.63, 3.8) is 0 Å².